The van der Waals surface area contributed by atoms with Crippen molar-refractivity contribution in [2.45, 2.75) is 11.8 Å². The fourth-order valence-electron chi connectivity index (χ4n) is 2.35. The Morgan fingerprint density at radius 1 is 1.04 bits per heavy atom. The number of benzene rings is 1. The van der Waals surface area contributed by atoms with E-state index in [4.69, 9.17) is 9.02 Å². The van der Waals surface area contributed by atoms with Gasteiger partial charge in [-0.25, -0.2) is 0 Å². The monoisotopic (exact) mass is 335 g/mol. The van der Waals surface area contributed by atoms with Crippen molar-refractivity contribution in [3.63, 3.8) is 0 Å². The van der Waals surface area contributed by atoms with E-state index in [2.05, 4.69) is 4.90 Å². The number of rotatable bonds is 4. The molecule has 23 heavy (non-hydrogen) atoms. The smallest absolute Gasteiger partial charge is 0.378 e. The molecule has 1 aliphatic heterocycles. The van der Waals surface area contributed by atoms with Gasteiger partial charge in [0.2, 0.25) is 12.4 Å². The van der Waals surface area contributed by atoms with Gasteiger partial charge in [-0.1, -0.05) is 17.7 Å². The number of hydrogen-bond acceptors (Lipinski definition) is 5. The lowest BCUT2D eigenvalue weighted by Crippen LogP contribution is -2.45. The summed E-state index contributed by atoms with van der Waals surface area (Å²) in [5.74, 6) is 0. The average molecular weight is 335 g/mol. The minimum atomic E-state index is -3.84. The molecule has 1 fully saturated rings. The first-order valence-electron chi connectivity index (χ1n) is 7.40. The maximum Gasteiger partial charge on any atom is 0.396 e. The maximum atomic E-state index is 12.2. The summed E-state index contributed by atoms with van der Waals surface area (Å²) in [6.45, 7) is 4.95. The third-order valence-electron chi connectivity index (χ3n) is 3.65. The van der Waals surface area contributed by atoms with Gasteiger partial charge in [0.25, 0.3) is 0 Å². The van der Waals surface area contributed by atoms with Crippen LogP contribution in [0.4, 0.5) is 5.69 Å². The van der Waals surface area contributed by atoms with E-state index in [0.29, 0.717) is 13.2 Å². The third-order valence-corrected chi connectivity index (χ3v) is 4.87. The van der Waals surface area contributed by atoms with Gasteiger partial charge in [-0.3, -0.25) is 0 Å². The molecule has 0 N–H and O–H groups in total. The second-order valence-corrected chi connectivity index (χ2v) is 6.89. The summed E-state index contributed by atoms with van der Waals surface area (Å²) in [6, 6.07) is 10.2. The average Bonchev–Trinajstić information content (AvgIpc) is 2.56. The second kappa shape index (κ2) is 6.55. The molecule has 0 saturated carbocycles. The molecule has 0 amide bonds. The fourth-order valence-corrected chi connectivity index (χ4v) is 3.23. The molecule has 2 heterocycles. The van der Waals surface area contributed by atoms with E-state index in [9.17, 15) is 8.42 Å². The Labute approximate surface area is 136 Å². The largest absolute Gasteiger partial charge is 0.396 e. The lowest BCUT2D eigenvalue weighted by atomic mass is 10.2. The van der Waals surface area contributed by atoms with Gasteiger partial charge >= 0.3 is 10.1 Å². The molecular weight excluding hydrogens is 316 g/mol. The minimum Gasteiger partial charge on any atom is -0.378 e. The standard InChI is InChI=1S/C16H19N2O4S/c1-14-2-4-16(5-3-14)23(19,20)22-18-8-6-15(7-9-18)17-10-12-21-13-11-17/h2-9H,10-13H2,1H3/q+1. The summed E-state index contributed by atoms with van der Waals surface area (Å²) < 4.78 is 36.1. The first-order chi connectivity index (χ1) is 11.0. The molecule has 1 saturated heterocycles. The van der Waals surface area contributed by atoms with E-state index in [1.54, 1.807) is 24.5 Å². The summed E-state index contributed by atoms with van der Waals surface area (Å²) in [6.07, 6.45) is 3.19. The molecule has 2 aromatic rings. The molecular formula is C16H19N2O4S+. The van der Waals surface area contributed by atoms with Crippen molar-refractivity contribution in [2.75, 3.05) is 31.2 Å². The predicted molar refractivity (Wildman–Crippen MR) is 84.6 cm³/mol. The van der Waals surface area contributed by atoms with Crippen LogP contribution in [-0.4, -0.2) is 34.7 Å². The van der Waals surface area contributed by atoms with E-state index >= 15 is 0 Å². The Morgan fingerprint density at radius 3 is 2.26 bits per heavy atom. The summed E-state index contributed by atoms with van der Waals surface area (Å²) in [5, 5.41) is 0. The molecule has 0 unspecified atom stereocenters. The van der Waals surface area contributed by atoms with E-state index in [1.165, 1.54) is 16.9 Å². The van der Waals surface area contributed by atoms with Crippen molar-refractivity contribution in [2.24, 2.45) is 0 Å². The SMILES string of the molecule is Cc1ccc(S(=O)(=O)O[n+]2ccc(N3CCOCC3)cc2)cc1. The van der Waals surface area contributed by atoms with Gasteiger partial charge in [0, 0.05) is 35.6 Å². The number of hydrogen-bond donors (Lipinski definition) is 0. The predicted octanol–water partition coefficient (Wildman–Crippen LogP) is 0.937. The summed E-state index contributed by atoms with van der Waals surface area (Å²) >= 11 is 0. The molecule has 0 spiro atoms. The molecule has 122 valence electrons. The van der Waals surface area contributed by atoms with Crippen LogP contribution in [-0.2, 0) is 14.9 Å². The van der Waals surface area contributed by atoms with Crippen molar-refractivity contribution in [3.05, 3.63) is 54.4 Å². The van der Waals surface area contributed by atoms with Crippen LogP contribution in [0.5, 0.6) is 0 Å². The Hall–Kier alpha value is -2.12. The number of anilines is 1. The summed E-state index contributed by atoms with van der Waals surface area (Å²) in [5.41, 5.74) is 2.01. The van der Waals surface area contributed by atoms with Crippen molar-refractivity contribution >= 4 is 15.8 Å². The Morgan fingerprint density at radius 2 is 1.65 bits per heavy atom. The molecule has 1 aromatic heterocycles. The minimum absolute atomic E-state index is 0.132. The summed E-state index contributed by atoms with van der Waals surface area (Å²) in [4.78, 5) is 2.32. The van der Waals surface area contributed by atoms with Crippen LogP contribution in [0.15, 0.2) is 53.7 Å². The zero-order chi connectivity index (χ0) is 16.3. The highest BCUT2D eigenvalue weighted by atomic mass is 32.2. The van der Waals surface area contributed by atoms with Crippen LogP contribution in [0.25, 0.3) is 0 Å². The number of aryl methyl sites for hydroxylation is 1. The lowest BCUT2D eigenvalue weighted by molar-refractivity contribution is -0.856. The Bertz CT molecular complexity index is 752. The van der Waals surface area contributed by atoms with Crippen LogP contribution in [0.2, 0.25) is 0 Å². The van der Waals surface area contributed by atoms with Gasteiger partial charge < -0.3 is 9.64 Å². The van der Waals surface area contributed by atoms with E-state index in [0.717, 1.165) is 24.3 Å². The molecule has 0 bridgehead atoms. The van der Waals surface area contributed by atoms with E-state index in [1.807, 2.05) is 19.1 Å². The Balaban J connectivity index is 1.73. The van der Waals surface area contributed by atoms with Crippen molar-refractivity contribution in [1.29, 1.82) is 0 Å². The van der Waals surface area contributed by atoms with Gasteiger partial charge in [-0.15, -0.1) is 4.28 Å². The molecule has 0 radical (unpaired) electrons. The van der Waals surface area contributed by atoms with E-state index < -0.39 is 10.1 Å². The summed E-state index contributed by atoms with van der Waals surface area (Å²) in [7, 11) is -3.84. The van der Waals surface area contributed by atoms with Gasteiger partial charge in [-0.2, -0.15) is 8.42 Å². The first kappa shape index (κ1) is 15.8. The lowest BCUT2D eigenvalue weighted by Gasteiger charge is -2.28. The zero-order valence-corrected chi connectivity index (χ0v) is 13.7. The highest BCUT2D eigenvalue weighted by molar-refractivity contribution is 7.86. The zero-order valence-electron chi connectivity index (χ0n) is 12.9. The molecule has 1 aromatic carbocycles. The molecule has 0 atom stereocenters. The quantitative estimate of drug-likeness (QED) is 0.778. The van der Waals surface area contributed by atoms with E-state index in [-0.39, 0.29) is 4.90 Å². The molecule has 3 rings (SSSR count). The molecule has 0 aliphatic carbocycles. The highest BCUT2D eigenvalue weighted by Crippen LogP contribution is 2.13. The van der Waals surface area contributed by atoms with Gasteiger partial charge in [0.05, 0.1) is 13.2 Å². The van der Waals surface area contributed by atoms with Gasteiger partial charge in [0.15, 0.2) is 0 Å². The number of aromatic nitrogens is 1. The molecule has 1 aliphatic rings. The number of pyridine rings is 1. The Kier molecular flexibility index (Phi) is 4.49. The highest BCUT2D eigenvalue weighted by Gasteiger charge is 2.22. The fraction of sp³-hybridized carbons (Fsp3) is 0.312. The normalized spacial score (nSPS) is 15.4. The van der Waals surface area contributed by atoms with Crippen LogP contribution in [0.3, 0.4) is 0 Å². The van der Waals surface area contributed by atoms with Crippen molar-refractivity contribution in [1.82, 2.24) is 0 Å². The number of nitrogens with zero attached hydrogens (tertiary/aromatic N) is 2. The molecule has 7 heteroatoms. The van der Waals surface area contributed by atoms with Crippen LogP contribution < -0.4 is 13.9 Å². The van der Waals surface area contributed by atoms with Crippen LogP contribution in [0, 0.1) is 6.92 Å². The van der Waals surface area contributed by atoms with Crippen molar-refractivity contribution < 1.29 is 22.2 Å². The molecule has 6 nitrogen and oxygen atoms in total. The van der Waals surface area contributed by atoms with Crippen molar-refractivity contribution in [3.8, 4) is 0 Å². The van der Waals surface area contributed by atoms with Gasteiger partial charge in [0.1, 0.15) is 4.90 Å². The number of morpholine rings is 1. The second-order valence-electron chi connectivity index (χ2n) is 5.36. The van der Waals surface area contributed by atoms with Crippen LogP contribution in [0.1, 0.15) is 5.56 Å². The first-order valence-corrected chi connectivity index (χ1v) is 8.81. The maximum absolute atomic E-state index is 12.2. The van der Waals surface area contributed by atoms with Crippen LogP contribution >= 0.6 is 0 Å². The number of ether oxygens (including phenoxy) is 1. The third kappa shape index (κ3) is 3.80. The topological polar surface area (TPSA) is 59.7 Å². The van der Waals surface area contributed by atoms with Gasteiger partial charge in [-0.05, 0) is 19.1 Å².